The number of aryl methyl sites for hydroxylation is 1. The Morgan fingerprint density at radius 3 is 2.69 bits per heavy atom. The summed E-state index contributed by atoms with van der Waals surface area (Å²) in [5.74, 6) is 0.867. The van der Waals surface area contributed by atoms with Gasteiger partial charge in [0.25, 0.3) is 0 Å². The summed E-state index contributed by atoms with van der Waals surface area (Å²) in [4.78, 5) is 27.6. The lowest BCUT2D eigenvalue weighted by molar-refractivity contribution is -0.00294. The zero-order valence-electron chi connectivity index (χ0n) is 20.8. The van der Waals surface area contributed by atoms with Crippen molar-refractivity contribution in [2.75, 3.05) is 57.9 Å². The van der Waals surface area contributed by atoms with Crippen molar-refractivity contribution in [1.29, 1.82) is 0 Å². The van der Waals surface area contributed by atoms with Gasteiger partial charge >= 0.3 is 6.09 Å². The van der Waals surface area contributed by atoms with Crippen molar-refractivity contribution in [2.24, 2.45) is 5.41 Å². The Labute approximate surface area is 206 Å². The van der Waals surface area contributed by atoms with Crippen LogP contribution in [0.5, 0.6) is 5.88 Å². The number of piperazine rings is 1. The molecule has 4 heterocycles. The van der Waals surface area contributed by atoms with Crippen molar-refractivity contribution in [3.63, 3.8) is 0 Å². The molecule has 2 saturated heterocycles. The summed E-state index contributed by atoms with van der Waals surface area (Å²) in [5, 5.41) is 0. The summed E-state index contributed by atoms with van der Waals surface area (Å²) >= 11 is 0. The second-order valence-electron chi connectivity index (χ2n) is 10.0. The monoisotopic (exact) mass is 483 g/mol. The van der Waals surface area contributed by atoms with Crippen molar-refractivity contribution in [3.05, 3.63) is 35.9 Å². The molecule has 0 N–H and O–H groups in total. The maximum atomic E-state index is 14.2. The number of rotatable bonds is 5. The number of pyridine rings is 2. The normalized spacial score (nSPS) is 21.8. The molecule has 0 unspecified atom stereocenters. The molecule has 8 nitrogen and oxygen atoms in total. The molecule has 35 heavy (non-hydrogen) atoms. The zero-order valence-corrected chi connectivity index (χ0v) is 20.8. The highest BCUT2D eigenvalue weighted by Gasteiger charge is 2.51. The Morgan fingerprint density at radius 2 is 1.97 bits per heavy atom. The number of aromatic nitrogens is 2. The van der Waals surface area contributed by atoms with Crippen LogP contribution in [0.25, 0.3) is 11.1 Å². The minimum Gasteiger partial charge on any atom is -0.481 e. The zero-order chi connectivity index (χ0) is 24.6. The molecule has 188 valence electrons. The van der Waals surface area contributed by atoms with E-state index in [0.29, 0.717) is 24.1 Å². The molecular weight excluding hydrogens is 449 g/mol. The summed E-state index contributed by atoms with van der Waals surface area (Å²) in [6.07, 6.45) is 4.57. The highest BCUT2D eigenvalue weighted by molar-refractivity contribution is 5.79. The Balaban J connectivity index is 1.24. The number of hydrogen-bond acceptors (Lipinski definition) is 7. The fourth-order valence-corrected chi connectivity index (χ4v) is 5.96. The first kappa shape index (κ1) is 23.8. The highest BCUT2D eigenvalue weighted by Crippen LogP contribution is 2.47. The first-order valence-corrected chi connectivity index (χ1v) is 12.5. The average Bonchev–Trinajstić information content (AvgIpc) is 3.29. The fourth-order valence-electron chi connectivity index (χ4n) is 5.96. The van der Waals surface area contributed by atoms with E-state index in [1.54, 1.807) is 7.11 Å². The number of likely N-dealkylation sites (tertiary alicyclic amines) is 1. The van der Waals surface area contributed by atoms with E-state index in [1.165, 1.54) is 18.7 Å². The van der Waals surface area contributed by atoms with Gasteiger partial charge in [-0.25, -0.2) is 19.2 Å². The third-order valence-electron chi connectivity index (χ3n) is 7.70. The maximum absolute atomic E-state index is 14.2. The Kier molecular flexibility index (Phi) is 6.53. The average molecular weight is 484 g/mol. The summed E-state index contributed by atoms with van der Waals surface area (Å²) in [6, 6.07) is 5.90. The van der Waals surface area contributed by atoms with Crippen LogP contribution in [0.2, 0.25) is 0 Å². The lowest BCUT2D eigenvalue weighted by Gasteiger charge is -2.48. The predicted molar refractivity (Wildman–Crippen MR) is 131 cm³/mol. The number of ether oxygens (including phenoxy) is 2. The minimum absolute atomic E-state index is 0.182. The maximum Gasteiger partial charge on any atom is 0.409 e. The van der Waals surface area contributed by atoms with Gasteiger partial charge in [-0.15, -0.1) is 0 Å². The van der Waals surface area contributed by atoms with Gasteiger partial charge in [0, 0.05) is 67.5 Å². The number of amides is 1. The number of carbonyl (C=O) groups is 1. The van der Waals surface area contributed by atoms with Crippen molar-refractivity contribution in [2.45, 2.75) is 39.2 Å². The molecule has 2 aromatic rings. The quantitative estimate of drug-likeness (QED) is 0.642. The number of hydrogen-bond donors (Lipinski definition) is 0. The van der Waals surface area contributed by atoms with Gasteiger partial charge in [0.05, 0.1) is 19.9 Å². The smallest absolute Gasteiger partial charge is 0.409 e. The fraction of sp³-hybridized carbons (Fsp3) is 0.577. The van der Waals surface area contributed by atoms with E-state index in [2.05, 4.69) is 19.8 Å². The topological polar surface area (TPSA) is 71.0 Å². The number of methoxy groups -OCH3 is 1. The lowest BCUT2D eigenvalue weighted by Crippen LogP contribution is -2.58. The molecule has 1 amide bonds. The van der Waals surface area contributed by atoms with Crippen molar-refractivity contribution in [1.82, 2.24) is 19.8 Å². The van der Waals surface area contributed by atoms with Gasteiger partial charge in [-0.3, -0.25) is 4.90 Å². The van der Waals surface area contributed by atoms with E-state index >= 15 is 0 Å². The second-order valence-corrected chi connectivity index (χ2v) is 10.0. The first-order valence-electron chi connectivity index (χ1n) is 12.5. The summed E-state index contributed by atoms with van der Waals surface area (Å²) < 4.78 is 24.9. The molecule has 9 heteroatoms. The lowest BCUT2D eigenvalue weighted by atomic mass is 9.78. The van der Waals surface area contributed by atoms with Crippen LogP contribution in [0.3, 0.4) is 0 Å². The van der Waals surface area contributed by atoms with Crippen LogP contribution < -0.4 is 9.64 Å². The van der Waals surface area contributed by atoms with Gasteiger partial charge in [0.15, 0.2) is 0 Å². The van der Waals surface area contributed by atoms with Gasteiger partial charge in [-0.1, -0.05) is 0 Å². The van der Waals surface area contributed by atoms with E-state index in [-0.39, 0.29) is 17.3 Å². The van der Waals surface area contributed by atoms with Crippen LogP contribution in [0.15, 0.2) is 24.4 Å². The summed E-state index contributed by atoms with van der Waals surface area (Å²) in [5.41, 5.74) is 2.55. The van der Waals surface area contributed by atoms with E-state index in [0.717, 1.165) is 69.2 Å². The van der Waals surface area contributed by atoms with Crippen LogP contribution >= 0.6 is 0 Å². The van der Waals surface area contributed by atoms with Gasteiger partial charge < -0.3 is 19.3 Å². The minimum atomic E-state index is -0.376. The molecule has 2 aromatic heterocycles. The first-order chi connectivity index (χ1) is 16.9. The van der Waals surface area contributed by atoms with E-state index in [9.17, 15) is 9.18 Å². The van der Waals surface area contributed by atoms with Gasteiger partial charge in [0.1, 0.15) is 11.6 Å². The number of anilines is 1. The predicted octanol–water partition coefficient (Wildman–Crippen LogP) is 3.73. The number of carbonyl (C=O) groups excluding carboxylic acids is 1. The SMILES string of the molecule is CCOC(=O)N1CC2(CC[C@@H](N3CCN(c4ncc(F)cc4-c4ccc(C)nc4OC)CC3)C2)C1. The molecule has 1 atom stereocenters. The molecule has 3 aliphatic rings. The Bertz CT molecular complexity index is 1080. The molecule has 3 fully saturated rings. The van der Waals surface area contributed by atoms with Gasteiger partial charge in [0.2, 0.25) is 5.88 Å². The molecule has 5 rings (SSSR count). The van der Waals surface area contributed by atoms with Gasteiger partial charge in [-0.05, 0) is 51.3 Å². The summed E-state index contributed by atoms with van der Waals surface area (Å²) in [7, 11) is 1.58. The van der Waals surface area contributed by atoms with Crippen molar-refractivity contribution >= 4 is 11.9 Å². The molecule has 0 radical (unpaired) electrons. The van der Waals surface area contributed by atoms with Crippen LogP contribution in [-0.4, -0.2) is 84.9 Å². The largest absolute Gasteiger partial charge is 0.481 e. The van der Waals surface area contributed by atoms with E-state index < -0.39 is 0 Å². The van der Waals surface area contributed by atoms with Crippen LogP contribution in [0.1, 0.15) is 31.9 Å². The highest BCUT2D eigenvalue weighted by atomic mass is 19.1. The number of nitrogens with zero attached hydrogens (tertiary/aromatic N) is 5. The number of halogens is 1. The molecule has 2 aliphatic heterocycles. The Hall–Kier alpha value is -2.94. The van der Waals surface area contributed by atoms with Gasteiger partial charge in [-0.2, -0.15) is 0 Å². The van der Waals surface area contributed by atoms with Crippen molar-refractivity contribution < 1.29 is 18.7 Å². The van der Waals surface area contributed by atoms with Crippen LogP contribution in [0.4, 0.5) is 15.0 Å². The molecule has 1 saturated carbocycles. The molecule has 0 bridgehead atoms. The molecule has 1 spiro atoms. The molecule has 0 aromatic carbocycles. The second kappa shape index (κ2) is 9.60. The standard InChI is InChI=1S/C26H34FN5O3/c1-4-35-25(33)32-16-26(17-32)8-7-20(14-26)30-9-11-31(12-10-30)23-22(13-19(27)15-28-23)21-6-5-18(2)29-24(21)34-3/h5-6,13,15,20H,4,7-12,14,16-17H2,1-3H3/t20-/m1/s1. The Morgan fingerprint density at radius 1 is 1.20 bits per heavy atom. The van der Waals surface area contributed by atoms with Crippen LogP contribution in [0, 0.1) is 18.2 Å². The van der Waals surface area contributed by atoms with E-state index in [4.69, 9.17) is 9.47 Å². The van der Waals surface area contributed by atoms with Crippen LogP contribution in [-0.2, 0) is 4.74 Å². The molecular formula is C26H34FN5O3. The van der Waals surface area contributed by atoms with E-state index in [1.807, 2.05) is 30.9 Å². The third kappa shape index (κ3) is 4.66. The third-order valence-corrected chi connectivity index (χ3v) is 7.70. The summed E-state index contributed by atoms with van der Waals surface area (Å²) in [6.45, 7) is 9.33. The molecule has 1 aliphatic carbocycles. The van der Waals surface area contributed by atoms with Crippen molar-refractivity contribution in [3.8, 4) is 17.0 Å².